The molecule has 1 aliphatic carbocycles. The number of aromatic carboxylic acids is 1. The highest BCUT2D eigenvalue weighted by Crippen LogP contribution is 2.36. The van der Waals surface area contributed by atoms with E-state index in [2.05, 4.69) is 4.74 Å². The Balaban J connectivity index is 2.10. The van der Waals surface area contributed by atoms with Crippen LogP contribution in [0.15, 0.2) is 0 Å². The molecule has 0 radical (unpaired) electrons. The number of esters is 2. The highest BCUT2D eigenvalue weighted by Gasteiger charge is 2.35. The second kappa shape index (κ2) is 11.9. The summed E-state index contributed by atoms with van der Waals surface area (Å²) in [5.74, 6) is -15.2. The molecule has 6 nitrogen and oxygen atoms in total. The van der Waals surface area contributed by atoms with Gasteiger partial charge in [0.2, 0.25) is 17.4 Å². The minimum Gasteiger partial charge on any atom is -0.477 e. The first kappa shape index (κ1) is 29.1. The molecule has 14 heteroatoms. The molecule has 0 saturated heterocycles. The highest BCUT2D eigenvalue weighted by molar-refractivity contribution is 14.1. The SMILES string of the molecule is O=C(O)c1c(F)c(F)c(OC(=O)c2c(I)c(I)c(I)c(I)c2C(=O)OC2CCCCC2)c(F)c1F. The van der Waals surface area contributed by atoms with E-state index in [1.807, 2.05) is 67.8 Å². The van der Waals surface area contributed by atoms with Crippen molar-refractivity contribution in [3.8, 4) is 5.75 Å². The van der Waals surface area contributed by atoms with Crippen molar-refractivity contribution in [3.63, 3.8) is 0 Å². The maximum atomic E-state index is 14.4. The van der Waals surface area contributed by atoms with Crippen molar-refractivity contribution in [3.05, 3.63) is 54.2 Å². The van der Waals surface area contributed by atoms with Gasteiger partial charge < -0.3 is 14.6 Å². The first-order valence-corrected chi connectivity index (χ1v) is 14.1. The van der Waals surface area contributed by atoms with E-state index in [-0.39, 0.29) is 15.2 Å². The van der Waals surface area contributed by atoms with Crippen molar-refractivity contribution in [2.24, 2.45) is 0 Å². The summed E-state index contributed by atoms with van der Waals surface area (Å²) >= 11 is 7.43. The molecule has 2 aromatic rings. The van der Waals surface area contributed by atoms with E-state index >= 15 is 0 Å². The zero-order chi connectivity index (χ0) is 26.2. The van der Waals surface area contributed by atoms with Gasteiger partial charge >= 0.3 is 17.9 Å². The van der Waals surface area contributed by atoms with E-state index in [4.69, 9.17) is 9.84 Å². The third kappa shape index (κ3) is 5.83. The first-order chi connectivity index (χ1) is 16.4. The quantitative estimate of drug-likeness (QED) is 0.0863. The van der Waals surface area contributed by atoms with Crippen LogP contribution in [0.5, 0.6) is 5.75 Å². The second-order valence-electron chi connectivity index (χ2n) is 7.33. The van der Waals surface area contributed by atoms with Crippen molar-refractivity contribution in [2.45, 2.75) is 38.2 Å². The van der Waals surface area contributed by atoms with Gasteiger partial charge in [0, 0.05) is 14.3 Å². The molecule has 0 heterocycles. The summed E-state index contributed by atoms with van der Waals surface area (Å²) in [5, 5.41) is 8.83. The number of rotatable bonds is 5. The number of carboxylic acids is 1. The summed E-state index contributed by atoms with van der Waals surface area (Å²) in [6, 6.07) is 0. The van der Waals surface area contributed by atoms with Crippen molar-refractivity contribution in [2.75, 3.05) is 0 Å². The summed E-state index contributed by atoms with van der Waals surface area (Å²) in [5.41, 5.74) is -2.48. The van der Waals surface area contributed by atoms with Crippen LogP contribution in [0, 0.1) is 37.5 Å². The van der Waals surface area contributed by atoms with E-state index in [1.54, 1.807) is 22.6 Å². The number of benzene rings is 2. The molecule has 0 unspecified atom stereocenters. The van der Waals surface area contributed by atoms with Crippen LogP contribution in [0.1, 0.15) is 63.2 Å². The molecule has 0 aliphatic heterocycles. The maximum Gasteiger partial charge on any atom is 0.345 e. The van der Waals surface area contributed by atoms with Crippen LogP contribution in [0.3, 0.4) is 0 Å². The zero-order valence-electron chi connectivity index (χ0n) is 17.1. The Bertz CT molecular complexity index is 1220. The molecule has 0 bridgehead atoms. The number of carbonyl (C=O) groups excluding carboxylic acids is 2. The molecule has 35 heavy (non-hydrogen) atoms. The van der Waals surface area contributed by atoms with Crippen LogP contribution < -0.4 is 4.74 Å². The normalized spacial score (nSPS) is 14.1. The smallest absolute Gasteiger partial charge is 0.345 e. The van der Waals surface area contributed by atoms with E-state index < -0.39 is 58.1 Å². The van der Waals surface area contributed by atoms with Gasteiger partial charge in [-0.3, -0.25) is 0 Å². The molecule has 2 aromatic carbocycles. The lowest BCUT2D eigenvalue weighted by Gasteiger charge is -2.23. The van der Waals surface area contributed by atoms with Crippen LogP contribution in [0.25, 0.3) is 0 Å². The van der Waals surface area contributed by atoms with Gasteiger partial charge in [0.05, 0.1) is 11.1 Å². The predicted molar refractivity (Wildman–Crippen MR) is 148 cm³/mol. The number of ether oxygens (including phenoxy) is 2. The van der Waals surface area contributed by atoms with Gasteiger partial charge in [-0.2, -0.15) is 8.78 Å². The summed E-state index contributed by atoms with van der Waals surface area (Å²) in [6.07, 6.45) is 3.67. The van der Waals surface area contributed by atoms with Gasteiger partial charge in [-0.1, -0.05) is 6.42 Å². The zero-order valence-corrected chi connectivity index (χ0v) is 25.8. The molecule has 1 N–H and O–H groups in total. The lowest BCUT2D eigenvalue weighted by molar-refractivity contribution is 0.0205. The Morgan fingerprint density at radius 2 is 1.14 bits per heavy atom. The lowest BCUT2D eigenvalue weighted by Crippen LogP contribution is -2.26. The number of hydrogen-bond acceptors (Lipinski definition) is 5. The Kier molecular flexibility index (Phi) is 9.88. The summed E-state index contributed by atoms with van der Waals surface area (Å²) in [7, 11) is 0. The minimum atomic E-state index is -2.25. The largest absolute Gasteiger partial charge is 0.477 e. The van der Waals surface area contributed by atoms with Crippen molar-refractivity contribution in [1.82, 2.24) is 0 Å². The van der Waals surface area contributed by atoms with Gasteiger partial charge in [0.1, 0.15) is 11.7 Å². The summed E-state index contributed by atoms with van der Waals surface area (Å²) in [4.78, 5) is 37.1. The van der Waals surface area contributed by atoms with Crippen LogP contribution in [0.4, 0.5) is 17.6 Å². The summed E-state index contributed by atoms with van der Waals surface area (Å²) < 4.78 is 68.9. The number of hydrogen-bond donors (Lipinski definition) is 1. The molecule has 3 rings (SSSR count). The van der Waals surface area contributed by atoms with Crippen LogP contribution in [-0.4, -0.2) is 29.1 Å². The monoisotopic (exact) mass is 944 g/mol. The predicted octanol–water partition coefficient (Wildman–Crippen LogP) is 7.07. The average Bonchev–Trinajstić information content (AvgIpc) is 2.81. The number of carbonyl (C=O) groups is 3. The average molecular weight is 944 g/mol. The molecule has 1 saturated carbocycles. The summed E-state index contributed by atoms with van der Waals surface area (Å²) in [6.45, 7) is 0. The lowest BCUT2D eigenvalue weighted by atomic mass is 9.97. The topological polar surface area (TPSA) is 89.9 Å². The van der Waals surface area contributed by atoms with E-state index in [0.717, 1.165) is 19.3 Å². The van der Waals surface area contributed by atoms with Crippen molar-refractivity contribution in [1.29, 1.82) is 0 Å². The van der Waals surface area contributed by atoms with Crippen LogP contribution in [-0.2, 0) is 4.74 Å². The molecule has 0 spiro atoms. The third-order valence-electron chi connectivity index (χ3n) is 5.13. The Hall–Kier alpha value is -0.510. The fourth-order valence-electron chi connectivity index (χ4n) is 3.44. The Morgan fingerprint density at radius 1 is 0.686 bits per heavy atom. The van der Waals surface area contributed by atoms with Gasteiger partial charge in [-0.25, -0.2) is 23.2 Å². The molecule has 1 fully saturated rings. The van der Waals surface area contributed by atoms with Gasteiger partial charge in [-0.05, 0) is 116 Å². The molecule has 0 amide bonds. The number of halogens is 8. The van der Waals surface area contributed by atoms with E-state index in [1.165, 1.54) is 0 Å². The Labute approximate surface area is 250 Å². The molecular weight excluding hydrogens is 932 g/mol. The highest BCUT2D eigenvalue weighted by atomic mass is 127. The number of carboxylic acid groups (broad SMARTS) is 1. The standard InChI is InChI=1S/C21H12F4I4O6/c22-10-9(19(30)31)11(23)13(25)18(12(10)24)35-21(33)8-7(14(26)16(28)17(29)15(8)27)20(32)34-6-4-2-1-3-5-6/h6H,1-5H2,(H,30,31). The maximum absolute atomic E-state index is 14.4. The molecule has 188 valence electrons. The van der Waals surface area contributed by atoms with E-state index in [9.17, 15) is 31.9 Å². The molecule has 0 aromatic heterocycles. The van der Waals surface area contributed by atoms with Crippen LogP contribution >= 0.6 is 90.4 Å². The van der Waals surface area contributed by atoms with Crippen molar-refractivity contribution < 1.29 is 46.5 Å². The van der Waals surface area contributed by atoms with Gasteiger partial charge in [-0.15, -0.1) is 0 Å². The Morgan fingerprint density at radius 3 is 1.60 bits per heavy atom. The van der Waals surface area contributed by atoms with E-state index in [0.29, 0.717) is 23.6 Å². The first-order valence-electron chi connectivity index (χ1n) is 9.76. The second-order valence-corrected chi connectivity index (χ2v) is 11.6. The van der Waals surface area contributed by atoms with Gasteiger partial charge in [0.25, 0.3) is 0 Å². The van der Waals surface area contributed by atoms with Crippen molar-refractivity contribution >= 4 is 108 Å². The van der Waals surface area contributed by atoms with Gasteiger partial charge in [0.15, 0.2) is 11.6 Å². The fraction of sp³-hybridized carbons (Fsp3) is 0.286. The minimum absolute atomic E-state index is 0.192. The molecule has 1 aliphatic rings. The molecular formula is C21H12F4I4O6. The third-order valence-corrected chi connectivity index (χ3v) is 12.5. The molecule has 0 atom stereocenters. The fourth-order valence-corrected chi connectivity index (χ4v) is 7.07. The van der Waals surface area contributed by atoms with Crippen LogP contribution in [0.2, 0.25) is 0 Å².